The van der Waals surface area contributed by atoms with Crippen LogP contribution in [0.25, 0.3) is 0 Å². The fourth-order valence-corrected chi connectivity index (χ4v) is 2.70. The Kier molecular flexibility index (Phi) is 5.56. The highest BCUT2D eigenvalue weighted by molar-refractivity contribution is 5.72. The van der Waals surface area contributed by atoms with Gasteiger partial charge in [-0.1, -0.05) is 6.92 Å². The van der Waals surface area contributed by atoms with Crippen LogP contribution in [0.3, 0.4) is 0 Å². The molecule has 3 N–H and O–H groups in total. The molecule has 2 rings (SSSR count). The number of nitrogens with zero attached hydrogens (tertiary/aromatic N) is 2. The van der Waals surface area contributed by atoms with E-state index in [0.717, 1.165) is 44.6 Å². The minimum atomic E-state index is 0.0300. The van der Waals surface area contributed by atoms with Gasteiger partial charge in [0.15, 0.2) is 0 Å². The first-order chi connectivity index (χ1) is 10.1. The predicted molar refractivity (Wildman–Crippen MR) is 85.1 cm³/mol. The summed E-state index contributed by atoms with van der Waals surface area (Å²) in [6.07, 6.45) is 5.05. The molecule has 1 atom stereocenters. The molecule has 1 aliphatic rings. The summed E-state index contributed by atoms with van der Waals surface area (Å²) in [4.78, 5) is 17.8. The smallest absolute Gasteiger partial charge is 0.216 e. The average molecular weight is 290 g/mol. The lowest BCUT2D eigenvalue weighted by Gasteiger charge is -2.33. The minimum absolute atomic E-state index is 0.0300. The summed E-state index contributed by atoms with van der Waals surface area (Å²) < 4.78 is 0. The van der Waals surface area contributed by atoms with E-state index >= 15 is 0 Å². The molecule has 5 heteroatoms. The highest BCUT2D eigenvalue weighted by Crippen LogP contribution is 2.23. The molecular formula is C16H26N4O. The molecule has 0 bridgehead atoms. The molecular weight excluding hydrogens is 264 g/mol. The Morgan fingerprint density at radius 3 is 2.71 bits per heavy atom. The van der Waals surface area contributed by atoms with Crippen LogP contribution in [0.15, 0.2) is 18.3 Å². The third kappa shape index (κ3) is 4.43. The predicted octanol–water partition coefficient (Wildman–Crippen LogP) is 1.84. The van der Waals surface area contributed by atoms with Crippen molar-refractivity contribution in [2.75, 3.05) is 24.5 Å². The highest BCUT2D eigenvalue weighted by Gasteiger charge is 2.20. The van der Waals surface area contributed by atoms with Crippen molar-refractivity contribution >= 4 is 11.6 Å². The third-order valence-electron chi connectivity index (χ3n) is 4.21. The Balaban J connectivity index is 1.86. The SMILES string of the molecule is CC[C@H](N)c1ccc(N2CCC(CNC(C)=O)CC2)cn1. The Bertz CT molecular complexity index is 452. The van der Waals surface area contributed by atoms with Gasteiger partial charge in [0.05, 0.1) is 17.6 Å². The molecule has 1 fully saturated rings. The van der Waals surface area contributed by atoms with Gasteiger partial charge < -0.3 is 16.0 Å². The van der Waals surface area contributed by atoms with Gasteiger partial charge in [-0.25, -0.2) is 0 Å². The lowest BCUT2D eigenvalue weighted by atomic mass is 9.96. The maximum Gasteiger partial charge on any atom is 0.216 e. The zero-order valence-electron chi connectivity index (χ0n) is 13.0. The maximum absolute atomic E-state index is 10.9. The second kappa shape index (κ2) is 7.41. The van der Waals surface area contributed by atoms with Gasteiger partial charge in [0.1, 0.15) is 0 Å². The lowest BCUT2D eigenvalue weighted by molar-refractivity contribution is -0.119. The second-order valence-corrected chi connectivity index (χ2v) is 5.82. The number of piperidine rings is 1. The van der Waals surface area contributed by atoms with E-state index in [1.807, 2.05) is 12.3 Å². The average Bonchev–Trinajstić information content (AvgIpc) is 2.53. The van der Waals surface area contributed by atoms with Crippen LogP contribution in [0.4, 0.5) is 5.69 Å². The van der Waals surface area contributed by atoms with Gasteiger partial charge in [0.2, 0.25) is 5.91 Å². The molecule has 0 radical (unpaired) electrons. The number of carbonyl (C=O) groups is 1. The standard InChI is InChI=1S/C16H26N4O/c1-3-15(17)16-5-4-14(11-19-16)20-8-6-13(7-9-20)10-18-12(2)21/h4-5,11,13,15H,3,6-10,17H2,1-2H3,(H,18,21)/t15-/m0/s1. The summed E-state index contributed by atoms with van der Waals surface area (Å²) in [6.45, 7) is 6.48. The van der Waals surface area contributed by atoms with Crippen molar-refractivity contribution in [2.24, 2.45) is 11.7 Å². The van der Waals surface area contributed by atoms with Crippen LogP contribution in [-0.4, -0.2) is 30.5 Å². The highest BCUT2D eigenvalue weighted by atomic mass is 16.1. The van der Waals surface area contributed by atoms with Crippen molar-refractivity contribution in [3.63, 3.8) is 0 Å². The van der Waals surface area contributed by atoms with Crippen LogP contribution < -0.4 is 16.0 Å². The summed E-state index contributed by atoms with van der Waals surface area (Å²) in [6, 6.07) is 4.18. The van der Waals surface area contributed by atoms with Crippen LogP contribution in [0.2, 0.25) is 0 Å². The lowest BCUT2D eigenvalue weighted by Crippen LogP contribution is -2.38. The molecule has 1 saturated heterocycles. The first kappa shape index (κ1) is 15.8. The van der Waals surface area contributed by atoms with Crippen LogP contribution in [0.1, 0.15) is 44.8 Å². The number of aromatic nitrogens is 1. The van der Waals surface area contributed by atoms with Crippen molar-refractivity contribution in [3.8, 4) is 0 Å². The van der Waals surface area contributed by atoms with Gasteiger partial charge in [-0.15, -0.1) is 0 Å². The summed E-state index contributed by atoms with van der Waals surface area (Å²) >= 11 is 0. The van der Waals surface area contributed by atoms with Crippen LogP contribution in [-0.2, 0) is 4.79 Å². The van der Waals surface area contributed by atoms with Crippen LogP contribution in [0, 0.1) is 5.92 Å². The molecule has 1 amide bonds. The van der Waals surface area contributed by atoms with Crippen molar-refractivity contribution in [1.29, 1.82) is 0 Å². The van der Waals surface area contributed by atoms with E-state index in [-0.39, 0.29) is 11.9 Å². The largest absolute Gasteiger partial charge is 0.370 e. The van der Waals surface area contributed by atoms with Crippen molar-refractivity contribution in [2.45, 2.75) is 39.2 Å². The normalized spacial score (nSPS) is 17.6. The summed E-state index contributed by atoms with van der Waals surface area (Å²) in [5.41, 5.74) is 8.11. The first-order valence-corrected chi connectivity index (χ1v) is 7.81. The van der Waals surface area contributed by atoms with Crippen LogP contribution in [0.5, 0.6) is 0 Å². The van der Waals surface area contributed by atoms with E-state index in [4.69, 9.17) is 5.73 Å². The molecule has 1 aromatic rings. The molecule has 5 nitrogen and oxygen atoms in total. The number of hydrogen-bond donors (Lipinski definition) is 2. The first-order valence-electron chi connectivity index (χ1n) is 7.81. The van der Waals surface area contributed by atoms with Gasteiger partial charge in [0, 0.05) is 32.6 Å². The van der Waals surface area contributed by atoms with E-state index in [1.165, 1.54) is 5.69 Å². The molecule has 21 heavy (non-hydrogen) atoms. The van der Waals surface area contributed by atoms with E-state index < -0.39 is 0 Å². The number of pyridine rings is 1. The van der Waals surface area contributed by atoms with Gasteiger partial charge in [0.25, 0.3) is 0 Å². The van der Waals surface area contributed by atoms with E-state index in [2.05, 4.69) is 28.2 Å². The monoisotopic (exact) mass is 290 g/mol. The Morgan fingerprint density at radius 1 is 1.48 bits per heavy atom. The van der Waals surface area contributed by atoms with Gasteiger partial charge in [-0.05, 0) is 37.3 Å². The maximum atomic E-state index is 10.9. The number of carbonyl (C=O) groups excluding carboxylic acids is 1. The molecule has 0 aromatic carbocycles. The number of hydrogen-bond acceptors (Lipinski definition) is 4. The molecule has 1 aromatic heterocycles. The Hall–Kier alpha value is -1.62. The molecule has 0 spiro atoms. The molecule has 1 aliphatic heterocycles. The molecule has 2 heterocycles. The van der Waals surface area contributed by atoms with Crippen LogP contribution >= 0.6 is 0 Å². The minimum Gasteiger partial charge on any atom is -0.370 e. The topological polar surface area (TPSA) is 71.2 Å². The molecule has 116 valence electrons. The zero-order chi connectivity index (χ0) is 15.2. The van der Waals surface area contributed by atoms with Gasteiger partial charge in [-0.3, -0.25) is 9.78 Å². The number of nitrogens with one attached hydrogen (secondary N) is 1. The summed E-state index contributed by atoms with van der Waals surface area (Å²) in [5, 5.41) is 2.91. The molecule has 0 aliphatic carbocycles. The van der Waals surface area contributed by atoms with Crippen molar-refractivity contribution in [3.05, 3.63) is 24.0 Å². The fourth-order valence-electron chi connectivity index (χ4n) is 2.70. The molecule has 0 unspecified atom stereocenters. The quantitative estimate of drug-likeness (QED) is 0.868. The van der Waals surface area contributed by atoms with Gasteiger partial charge >= 0.3 is 0 Å². The van der Waals surface area contributed by atoms with Gasteiger partial charge in [-0.2, -0.15) is 0 Å². The van der Waals surface area contributed by atoms with Crippen molar-refractivity contribution in [1.82, 2.24) is 10.3 Å². The molecule has 0 saturated carbocycles. The fraction of sp³-hybridized carbons (Fsp3) is 0.625. The van der Waals surface area contributed by atoms with E-state index in [9.17, 15) is 4.79 Å². The Morgan fingerprint density at radius 2 is 2.19 bits per heavy atom. The van der Waals surface area contributed by atoms with Crippen molar-refractivity contribution < 1.29 is 4.79 Å². The number of nitrogens with two attached hydrogens (primary N) is 1. The number of rotatable bonds is 5. The van der Waals surface area contributed by atoms with E-state index in [1.54, 1.807) is 6.92 Å². The van der Waals surface area contributed by atoms with E-state index in [0.29, 0.717) is 5.92 Å². The second-order valence-electron chi connectivity index (χ2n) is 5.82. The Labute approximate surface area is 126 Å². The number of anilines is 1. The summed E-state index contributed by atoms with van der Waals surface area (Å²) in [7, 11) is 0. The number of amides is 1. The summed E-state index contributed by atoms with van der Waals surface area (Å²) in [5.74, 6) is 0.648. The zero-order valence-corrected chi connectivity index (χ0v) is 13.0. The third-order valence-corrected chi connectivity index (χ3v) is 4.21.